The molecule has 3 heterocycles. The molecule has 0 saturated carbocycles. The van der Waals surface area contributed by atoms with Crippen molar-refractivity contribution in [2.24, 2.45) is 0 Å². The molecular weight excluding hydrogens is 435 g/mol. The number of nitrogens with zero attached hydrogens (tertiary/aromatic N) is 2. The molecule has 0 bridgehead atoms. The van der Waals surface area contributed by atoms with Gasteiger partial charge in [-0.05, 0) is 60.2 Å². The van der Waals surface area contributed by atoms with E-state index in [1.807, 2.05) is 37.4 Å². The monoisotopic (exact) mass is 458 g/mol. The van der Waals surface area contributed by atoms with Crippen LogP contribution in [0.5, 0.6) is 0 Å². The van der Waals surface area contributed by atoms with Gasteiger partial charge in [0.1, 0.15) is 0 Å². The predicted molar refractivity (Wildman–Crippen MR) is 130 cm³/mol. The topological polar surface area (TPSA) is 107 Å². The summed E-state index contributed by atoms with van der Waals surface area (Å²) in [5.74, 6) is -1.31. The number of carbonyl (C=O) groups excluding carboxylic acids is 2. The Morgan fingerprint density at radius 2 is 1.91 bits per heavy atom. The first-order valence-electron chi connectivity index (χ1n) is 11.2. The third-order valence-corrected chi connectivity index (χ3v) is 6.09. The molecule has 1 atom stereocenters. The van der Waals surface area contributed by atoms with Gasteiger partial charge in [0, 0.05) is 41.4 Å². The summed E-state index contributed by atoms with van der Waals surface area (Å²) < 4.78 is 0. The molecule has 7 nitrogen and oxygen atoms in total. The van der Waals surface area contributed by atoms with Crippen molar-refractivity contribution in [1.29, 1.82) is 0 Å². The van der Waals surface area contributed by atoms with E-state index in [0.717, 1.165) is 50.8 Å². The predicted octanol–water partition coefficient (Wildman–Crippen LogP) is 1.04. The number of hydrogen-bond acceptors (Lipinski definition) is 6. The molecule has 0 spiro atoms. The molecule has 8 heteroatoms. The number of rotatable bonds is 4. The van der Waals surface area contributed by atoms with E-state index in [4.69, 9.17) is 0 Å². The van der Waals surface area contributed by atoms with Crippen molar-refractivity contribution < 1.29 is 33.6 Å². The summed E-state index contributed by atoms with van der Waals surface area (Å²) in [6.45, 7) is 4.10. The number of benzene rings is 2. The fourth-order valence-electron chi connectivity index (χ4n) is 4.38. The summed E-state index contributed by atoms with van der Waals surface area (Å²) in [6.07, 6.45) is 4.56. The minimum atomic E-state index is -1.31. The quantitative estimate of drug-likeness (QED) is 0.443. The molecular formula is C27H23LiN4O3. The minimum absolute atomic E-state index is 0. The van der Waals surface area contributed by atoms with Crippen molar-refractivity contribution in [2.75, 3.05) is 10.6 Å². The zero-order valence-electron chi connectivity index (χ0n) is 19.9. The van der Waals surface area contributed by atoms with Crippen molar-refractivity contribution in [2.45, 2.75) is 32.7 Å². The second-order valence-corrected chi connectivity index (χ2v) is 8.53. The molecule has 1 amide bonds. The molecule has 5 rings (SSSR count). The summed E-state index contributed by atoms with van der Waals surface area (Å²) in [6, 6.07) is 15.4. The fraction of sp³-hybridized carbons (Fsp3) is 0.185. The Labute approximate surface area is 215 Å². The van der Waals surface area contributed by atoms with E-state index in [1.165, 1.54) is 12.3 Å². The minimum Gasteiger partial charge on any atom is -0.543 e. The van der Waals surface area contributed by atoms with Gasteiger partial charge in [0.05, 0.1) is 28.7 Å². The molecule has 0 saturated heterocycles. The summed E-state index contributed by atoms with van der Waals surface area (Å²) in [4.78, 5) is 31.9. The van der Waals surface area contributed by atoms with Gasteiger partial charge in [-0.3, -0.25) is 14.8 Å². The number of aryl methyl sites for hydroxylation is 1. The molecule has 35 heavy (non-hydrogen) atoms. The largest absolute Gasteiger partial charge is 1.00 e. The van der Waals surface area contributed by atoms with Crippen LogP contribution in [0.25, 0.3) is 33.2 Å². The number of carboxylic acids is 1. The summed E-state index contributed by atoms with van der Waals surface area (Å²) in [5.41, 5.74) is 6.18. The van der Waals surface area contributed by atoms with Gasteiger partial charge < -0.3 is 20.5 Å². The van der Waals surface area contributed by atoms with Gasteiger partial charge in [-0.15, -0.1) is 0 Å². The van der Waals surface area contributed by atoms with E-state index in [-0.39, 0.29) is 36.5 Å². The molecule has 4 aromatic rings. The smallest absolute Gasteiger partial charge is 0.543 e. The molecule has 1 aliphatic heterocycles. The normalized spacial score (nSPS) is 14.8. The number of fused-ring (bicyclic) bond motifs is 2. The van der Waals surface area contributed by atoms with Crippen LogP contribution in [-0.4, -0.2) is 27.9 Å². The van der Waals surface area contributed by atoms with Crippen LogP contribution in [0.3, 0.4) is 0 Å². The van der Waals surface area contributed by atoms with Gasteiger partial charge in [0.2, 0.25) is 5.91 Å². The molecule has 1 aliphatic rings. The van der Waals surface area contributed by atoms with Crippen LogP contribution in [0, 0.1) is 0 Å². The maximum Gasteiger partial charge on any atom is 1.00 e. The standard InChI is InChI=1S/C27H24N4O3.Li/c1-3-16-10-20(26-24(11-16)31-25(32)9-15(2)30-26)19-6-4-5-17-12-23(29-14-21(17)19)18-7-8-22(27(33)34)28-13-18;/h4-8,10-15,30H,3,9H2,1-2H3,(H,31,32)(H,33,34);/q;+1/p-1/t15-;/m1./s1. The molecule has 0 fully saturated rings. The van der Waals surface area contributed by atoms with E-state index in [0.29, 0.717) is 12.1 Å². The van der Waals surface area contributed by atoms with E-state index in [1.54, 1.807) is 6.07 Å². The Kier molecular flexibility index (Phi) is 6.92. The number of anilines is 2. The Bertz CT molecular complexity index is 1440. The number of aromatic carboxylic acids is 1. The second kappa shape index (κ2) is 9.91. The Morgan fingerprint density at radius 3 is 2.63 bits per heavy atom. The number of amides is 1. The van der Waals surface area contributed by atoms with Gasteiger partial charge in [-0.1, -0.05) is 25.1 Å². The Balaban J connectivity index is 0.00000289. The van der Waals surface area contributed by atoms with E-state index in [2.05, 4.69) is 39.7 Å². The molecule has 0 radical (unpaired) electrons. The number of pyridine rings is 2. The van der Waals surface area contributed by atoms with Crippen LogP contribution in [-0.2, 0) is 11.2 Å². The van der Waals surface area contributed by atoms with Crippen LogP contribution in [0.2, 0.25) is 0 Å². The van der Waals surface area contributed by atoms with E-state index >= 15 is 0 Å². The first-order valence-corrected chi connectivity index (χ1v) is 11.2. The zero-order chi connectivity index (χ0) is 23.8. The van der Waals surface area contributed by atoms with Crippen LogP contribution in [0.4, 0.5) is 11.4 Å². The van der Waals surface area contributed by atoms with Crippen LogP contribution in [0.15, 0.2) is 60.9 Å². The number of aromatic nitrogens is 2. The number of carbonyl (C=O) groups is 2. The molecule has 0 unspecified atom stereocenters. The van der Waals surface area contributed by atoms with E-state index < -0.39 is 5.97 Å². The molecule has 2 N–H and O–H groups in total. The summed E-state index contributed by atoms with van der Waals surface area (Å²) >= 11 is 0. The van der Waals surface area contributed by atoms with Crippen molar-refractivity contribution in [3.05, 3.63) is 72.2 Å². The van der Waals surface area contributed by atoms with Crippen LogP contribution in [0.1, 0.15) is 36.3 Å². The van der Waals surface area contributed by atoms with Crippen molar-refractivity contribution in [3.8, 4) is 22.4 Å². The number of hydrogen-bond donors (Lipinski definition) is 2. The van der Waals surface area contributed by atoms with Gasteiger partial charge in [-0.25, -0.2) is 0 Å². The molecule has 0 aliphatic carbocycles. The van der Waals surface area contributed by atoms with Gasteiger partial charge in [0.15, 0.2) is 0 Å². The summed E-state index contributed by atoms with van der Waals surface area (Å²) in [7, 11) is 0. The van der Waals surface area contributed by atoms with Gasteiger partial charge in [-0.2, -0.15) is 0 Å². The summed E-state index contributed by atoms with van der Waals surface area (Å²) in [5, 5.41) is 19.5. The van der Waals surface area contributed by atoms with Crippen molar-refractivity contribution in [1.82, 2.24) is 9.97 Å². The zero-order valence-corrected chi connectivity index (χ0v) is 19.9. The third kappa shape index (κ3) is 4.79. The van der Waals surface area contributed by atoms with Crippen molar-refractivity contribution in [3.63, 3.8) is 0 Å². The van der Waals surface area contributed by atoms with Gasteiger partial charge in [0.25, 0.3) is 0 Å². The Hall–Kier alpha value is -3.66. The van der Waals surface area contributed by atoms with Crippen LogP contribution >= 0.6 is 0 Å². The average molecular weight is 458 g/mol. The molecule has 2 aromatic heterocycles. The SMILES string of the molecule is CCc1cc2c(c(-c3cccc4cc(-c5ccc(C(=O)[O-])nc5)ncc34)c1)N[C@H](C)CC(=O)N2.[Li+]. The van der Waals surface area contributed by atoms with Crippen LogP contribution < -0.4 is 34.6 Å². The van der Waals surface area contributed by atoms with Gasteiger partial charge >= 0.3 is 18.9 Å². The fourth-order valence-corrected chi connectivity index (χ4v) is 4.38. The molecule has 170 valence electrons. The van der Waals surface area contributed by atoms with E-state index in [9.17, 15) is 14.7 Å². The average Bonchev–Trinajstić information content (AvgIpc) is 2.98. The number of nitrogens with one attached hydrogen (secondary N) is 2. The molecule has 2 aromatic carbocycles. The number of carboxylic acid groups (broad SMARTS) is 1. The first kappa shape index (κ1) is 24.5. The van der Waals surface area contributed by atoms with Crippen molar-refractivity contribution >= 4 is 34.0 Å². The second-order valence-electron chi connectivity index (χ2n) is 8.53. The third-order valence-electron chi connectivity index (χ3n) is 6.09. The maximum absolute atomic E-state index is 12.3. The first-order chi connectivity index (χ1) is 16.4. The Morgan fingerprint density at radius 1 is 1.09 bits per heavy atom. The maximum atomic E-state index is 12.3.